The number of benzene rings is 1. The maximum Gasteiger partial charge on any atom is 0.216 e. The Balaban J connectivity index is 2.80. The summed E-state index contributed by atoms with van der Waals surface area (Å²) >= 11 is 0. The van der Waals surface area contributed by atoms with E-state index in [0.29, 0.717) is 30.2 Å². The van der Waals surface area contributed by atoms with Crippen molar-refractivity contribution in [3.63, 3.8) is 0 Å². The van der Waals surface area contributed by atoms with Crippen molar-refractivity contribution in [3.8, 4) is 23.6 Å². The molecule has 0 bridgehead atoms. The molecule has 0 aromatic heterocycles. The number of methoxy groups -OCH3 is 1. The molecule has 0 radical (unpaired) electrons. The van der Waals surface area contributed by atoms with E-state index in [-0.39, 0.29) is 11.5 Å². The number of amides is 1. The lowest BCUT2D eigenvalue weighted by atomic mass is 10.1. The molecule has 108 valence electrons. The van der Waals surface area contributed by atoms with Crippen molar-refractivity contribution in [2.75, 3.05) is 20.3 Å². The number of nitrogens with one attached hydrogen (secondary N) is 1. The Kier molecular flexibility index (Phi) is 6.30. The Morgan fingerprint density at radius 2 is 2.05 bits per heavy atom. The van der Waals surface area contributed by atoms with Gasteiger partial charge < -0.3 is 14.8 Å². The van der Waals surface area contributed by atoms with Crippen molar-refractivity contribution in [1.82, 2.24) is 5.32 Å². The first kappa shape index (κ1) is 16.1. The molecule has 1 N–H and O–H groups in total. The third kappa shape index (κ3) is 5.25. The van der Waals surface area contributed by atoms with Gasteiger partial charge in [0.25, 0.3) is 0 Å². The molecule has 1 aromatic rings. The van der Waals surface area contributed by atoms with E-state index in [1.165, 1.54) is 20.1 Å². The molecule has 0 unspecified atom stereocenters. The average Bonchev–Trinajstić information content (AvgIpc) is 2.49. The third-order valence-corrected chi connectivity index (χ3v) is 2.47. The van der Waals surface area contributed by atoms with Crippen LogP contribution in [0.2, 0.25) is 0 Å². The van der Waals surface area contributed by atoms with Gasteiger partial charge in [-0.1, -0.05) is 6.07 Å². The fraction of sp³-hybridized carbons (Fsp3) is 0.267. The van der Waals surface area contributed by atoms with Crippen molar-refractivity contribution in [3.05, 3.63) is 29.3 Å². The van der Waals surface area contributed by atoms with Gasteiger partial charge in [-0.2, -0.15) is 10.5 Å². The molecule has 1 rings (SSSR count). The van der Waals surface area contributed by atoms with E-state index in [1.54, 1.807) is 30.3 Å². The van der Waals surface area contributed by atoms with E-state index in [9.17, 15) is 4.79 Å². The van der Waals surface area contributed by atoms with Crippen LogP contribution in [0.3, 0.4) is 0 Å². The van der Waals surface area contributed by atoms with Gasteiger partial charge in [-0.3, -0.25) is 4.79 Å². The predicted molar refractivity (Wildman–Crippen MR) is 76.4 cm³/mol. The van der Waals surface area contributed by atoms with Gasteiger partial charge in [0.2, 0.25) is 5.91 Å². The molecule has 0 fully saturated rings. The minimum absolute atomic E-state index is 0.0105. The molecular formula is C15H15N3O3. The van der Waals surface area contributed by atoms with Crippen LogP contribution in [0.5, 0.6) is 11.5 Å². The van der Waals surface area contributed by atoms with Crippen molar-refractivity contribution in [2.24, 2.45) is 0 Å². The van der Waals surface area contributed by atoms with Crippen LogP contribution in [0, 0.1) is 22.7 Å². The van der Waals surface area contributed by atoms with E-state index in [0.717, 1.165) is 0 Å². The maximum absolute atomic E-state index is 10.7. The van der Waals surface area contributed by atoms with Crippen LogP contribution in [0.4, 0.5) is 0 Å². The largest absolute Gasteiger partial charge is 0.493 e. The van der Waals surface area contributed by atoms with Crippen LogP contribution in [-0.2, 0) is 4.79 Å². The fourth-order valence-electron chi connectivity index (χ4n) is 1.54. The quantitative estimate of drug-likeness (QED) is 0.633. The molecule has 1 aromatic carbocycles. The van der Waals surface area contributed by atoms with Gasteiger partial charge >= 0.3 is 0 Å². The van der Waals surface area contributed by atoms with Gasteiger partial charge in [0.1, 0.15) is 24.3 Å². The number of carbonyl (C=O) groups excluding carboxylic acids is 1. The first-order valence-corrected chi connectivity index (χ1v) is 6.18. The van der Waals surface area contributed by atoms with E-state index < -0.39 is 0 Å². The minimum atomic E-state index is -0.119. The summed E-state index contributed by atoms with van der Waals surface area (Å²) in [6, 6.07) is 8.65. The average molecular weight is 285 g/mol. The highest BCUT2D eigenvalue weighted by Crippen LogP contribution is 2.28. The van der Waals surface area contributed by atoms with Crippen molar-refractivity contribution in [2.45, 2.75) is 6.92 Å². The molecule has 1 amide bonds. The van der Waals surface area contributed by atoms with Gasteiger partial charge in [0.15, 0.2) is 11.5 Å². The van der Waals surface area contributed by atoms with Crippen LogP contribution in [0.15, 0.2) is 23.8 Å². The number of rotatable bonds is 6. The van der Waals surface area contributed by atoms with Crippen LogP contribution in [-0.4, -0.2) is 26.2 Å². The molecule has 0 aliphatic rings. The zero-order chi connectivity index (χ0) is 15.7. The van der Waals surface area contributed by atoms with Crippen LogP contribution < -0.4 is 14.8 Å². The second-order valence-corrected chi connectivity index (χ2v) is 4.02. The molecule has 0 saturated heterocycles. The highest BCUT2D eigenvalue weighted by Gasteiger charge is 2.06. The van der Waals surface area contributed by atoms with E-state index in [4.69, 9.17) is 20.0 Å². The van der Waals surface area contributed by atoms with Gasteiger partial charge in [-0.25, -0.2) is 0 Å². The smallest absolute Gasteiger partial charge is 0.216 e. The summed E-state index contributed by atoms with van der Waals surface area (Å²) in [4.78, 5) is 10.7. The number of ether oxygens (including phenoxy) is 2. The van der Waals surface area contributed by atoms with Gasteiger partial charge in [-0.15, -0.1) is 0 Å². The van der Waals surface area contributed by atoms with E-state index in [2.05, 4.69) is 5.32 Å². The van der Waals surface area contributed by atoms with Crippen LogP contribution in [0.25, 0.3) is 6.08 Å². The molecule has 6 heteroatoms. The Labute approximate surface area is 123 Å². The monoisotopic (exact) mass is 285 g/mol. The lowest BCUT2D eigenvalue weighted by Gasteiger charge is -2.11. The highest BCUT2D eigenvalue weighted by molar-refractivity contribution is 5.72. The number of nitriles is 2. The molecule has 0 aliphatic carbocycles. The van der Waals surface area contributed by atoms with Crippen molar-refractivity contribution >= 4 is 12.0 Å². The topological polar surface area (TPSA) is 95.1 Å². The number of nitrogens with zero attached hydrogens (tertiary/aromatic N) is 2. The Morgan fingerprint density at radius 1 is 1.33 bits per heavy atom. The third-order valence-electron chi connectivity index (χ3n) is 2.47. The molecule has 0 aliphatic heterocycles. The fourth-order valence-corrected chi connectivity index (χ4v) is 1.54. The number of carbonyl (C=O) groups is 1. The molecule has 0 saturated carbocycles. The summed E-state index contributed by atoms with van der Waals surface area (Å²) in [6.45, 7) is 2.14. The zero-order valence-corrected chi connectivity index (χ0v) is 11.8. The number of allylic oxidation sites excluding steroid dienone is 1. The van der Waals surface area contributed by atoms with E-state index in [1.807, 2.05) is 0 Å². The summed E-state index contributed by atoms with van der Waals surface area (Å²) in [5.74, 6) is 0.892. The Morgan fingerprint density at radius 3 is 2.62 bits per heavy atom. The molecule has 0 atom stereocenters. The van der Waals surface area contributed by atoms with Crippen molar-refractivity contribution in [1.29, 1.82) is 10.5 Å². The summed E-state index contributed by atoms with van der Waals surface area (Å²) < 4.78 is 10.7. The number of hydrogen-bond donors (Lipinski definition) is 1. The number of hydrogen-bond acceptors (Lipinski definition) is 5. The second kappa shape index (κ2) is 8.23. The summed E-state index contributed by atoms with van der Waals surface area (Å²) in [6.07, 6.45) is 1.46. The highest BCUT2D eigenvalue weighted by atomic mass is 16.5. The van der Waals surface area contributed by atoms with Crippen LogP contribution in [0.1, 0.15) is 12.5 Å². The standard InChI is InChI=1S/C15H15N3O3/c1-11(19)18-5-6-21-14-4-3-12(8-15(14)20-2)7-13(9-16)10-17/h3-4,7-8H,5-6H2,1-2H3,(H,18,19). The normalized spacial score (nSPS) is 8.95. The lowest BCUT2D eigenvalue weighted by Crippen LogP contribution is -2.25. The molecule has 0 heterocycles. The van der Waals surface area contributed by atoms with Crippen LogP contribution >= 0.6 is 0 Å². The zero-order valence-electron chi connectivity index (χ0n) is 11.8. The SMILES string of the molecule is COc1cc(C=C(C#N)C#N)ccc1OCCNC(C)=O. The first-order valence-electron chi connectivity index (χ1n) is 6.18. The minimum Gasteiger partial charge on any atom is -0.493 e. The molecule has 0 spiro atoms. The lowest BCUT2D eigenvalue weighted by molar-refractivity contribution is -0.119. The Hall–Kier alpha value is -2.99. The summed E-state index contributed by atoms with van der Waals surface area (Å²) in [5, 5.41) is 20.1. The first-order chi connectivity index (χ1) is 10.1. The van der Waals surface area contributed by atoms with Crippen molar-refractivity contribution < 1.29 is 14.3 Å². The van der Waals surface area contributed by atoms with Gasteiger partial charge in [-0.05, 0) is 23.8 Å². The second-order valence-electron chi connectivity index (χ2n) is 4.02. The maximum atomic E-state index is 10.7. The summed E-state index contributed by atoms with van der Waals surface area (Å²) in [7, 11) is 1.50. The Bertz CT molecular complexity index is 608. The molecule has 21 heavy (non-hydrogen) atoms. The van der Waals surface area contributed by atoms with Gasteiger partial charge in [0, 0.05) is 6.92 Å². The predicted octanol–water partition coefficient (Wildman–Crippen LogP) is 1.64. The van der Waals surface area contributed by atoms with Gasteiger partial charge in [0.05, 0.1) is 13.7 Å². The molecule has 6 nitrogen and oxygen atoms in total. The molecular weight excluding hydrogens is 270 g/mol. The summed E-state index contributed by atoms with van der Waals surface area (Å²) in [5.41, 5.74) is 0.676. The van der Waals surface area contributed by atoms with E-state index >= 15 is 0 Å².